The van der Waals surface area contributed by atoms with Crippen molar-refractivity contribution in [1.82, 2.24) is 0 Å². The topological polar surface area (TPSA) is 0 Å². The van der Waals surface area contributed by atoms with Crippen LogP contribution in [0.4, 0.5) is 0 Å². The number of rotatable bonds is 3. The van der Waals surface area contributed by atoms with E-state index in [2.05, 4.69) is 168 Å². The molecule has 0 saturated carbocycles. The van der Waals surface area contributed by atoms with E-state index in [1.54, 1.807) is 0 Å². The molecule has 0 fully saturated rings. The molecule has 0 heterocycles. The highest BCUT2D eigenvalue weighted by Gasteiger charge is 2.39. The maximum Gasteiger partial charge on any atom is 0.0159 e. The molecular weight excluding hydrogens is 601 g/mol. The third kappa shape index (κ3) is 4.64. The largest absolute Gasteiger partial charge is 0.0587 e. The Morgan fingerprint density at radius 1 is 0.300 bits per heavy atom. The number of benzene rings is 6. The van der Waals surface area contributed by atoms with Gasteiger partial charge in [-0.3, -0.25) is 0 Å². The highest BCUT2D eigenvalue weighted by atomic mass is 14.4. The van der Waals surface area contributed by atoms with Gasteiger partial charge in [-0.05, 0) is 156 Å². The number of hydrogen-bond acceptors (Lipinski definition) is 0. The molecule has 0 aromatic heterocycles. The smallest absolute Gasteiger partial charge is 0.0159 e. The van der Waals surface area contributed by atoms with Gasteiger partial charge in [0.15, 0.2) is 0 Å². The summed E-state index contributed by atoms with van der Waals surface area (Å²) in [5.74, 6) is 0. The molecular formula is C50H50. The summed E-state index contributed by atoms with van der Waals surface area (Å²) in [6, 6.07) is 33.5. The molecule has 6 aromatic rings. The third-order valence-electron chi connectivity index (χ3n) is 12.1. The van der Waals surface area contributed by atoms with Gasteiger partial charge in [0.1, 0.15) is 0 Å². The Morgan fingerprint density at radius 3 is 0.960 bits per heavy atom. The molecule has 0 heteroatoms. The van der Waals surface area contributed by atoms with Gasteiger partial charge >= 0.3 is 0 Å². The minimum atomic E-state index is -0.0222. The van der Waals surface area contributed by atoms with Crippen LogP contribution in [0.5, 0.6) is 0 Å². The highest BCUT2D eigenvalue weighted by molar-refractivity contribution is 5.96. The van der Waals surface area contributed by atoms with E-state index in [0.29, 0.717) is 0 Å². The molecule has 50 heavy (non-hydrogen) atoms. The summed E-state index contributed by atoms with van der Waals surface area (Å²) in [5, 5.41) is 0. The average Bonchev–Trinajstić information content (AvgIpc) is 3.39. The number of hydrogen-bond donors (Lipinski definition) is 0. The van der Waals surface area contributed by atoms with Gasteiger partial charge in [-0.25, -0.2) is 0 Å². The van der Waals surface area contributed by atoms with Crippen molar-refractivity contribution in [1.29, 1.82) is 0 Å². The van der Waals surface area contributed by atoms with Crippen molar-refractivity contribution in [2.45, 2.75) is 93.9 Å². The van der Waals surface area contributed by atoms with Crippen LogP contribution < -0.4 is 0 Å². The van der Waals surface area contributed by atoms with E-state index in [1.165, 1.54) is 122 Å². The van der Waals surface area contributed by atoms with E-state index >= 15 is 0 Å². The van der Waals surface area contributed by atoms with Gasteiger partial charge in [0.25, 0.3) is 0 Å². The van der Waals surface area contributed by atoms with Gasteiger partial charge in [-0.2, -0.15) is 0 Å². The molecule has 0 nitrogen and oxygen atoms in total. The summed E-state index contributed by atoms with van der Waals surface area (Å²) in [7, 11) is 0. The van der Waals surface area contributed by atoms with Crippen LogP contribution >= 0.6 is 0 Å². The lowest BCUT2D eigenvalue weighted by Gasteiger charge is -2.23. The minimum Gasteiger partial charge on any atom is -0.0587 e. The maximum absolute atomic E-state index is 2.44. The standard InChI is InChI=1S/C50H50/c1-27-13-15-37-41(19-27)49(9,10)43-21-29(3)17-39(47(37)43)35-23-31(5)45(32(6)24-35)46-33(7)25-36(26-34(46)8)40-18-30(4)22-44-48(40)38-16-14-28(2)20-42(38)50(44,11)12/h13-26H,1-12H3. The van der Waals surface area contributed by atoms with E-state index in [-0.39, 0.29) is 10.8 Å². The Labute approximate surface area is 300 Å². The summed E-state index contributed by atoms with van der Waals surface area (Å²) in [6.07, 6.45) is 0. The van der Waals surface area contributed by atoms with Crippen LogP contribution in [0.15, 0.2) is 84.9 Å². The number of fused-ring (bicyclic) bond motifs is 6. The molecule has 0 N–H and O–H groups in total. The van der Waals surface area contributed by atoms with E-state index in [9.17, 15) is 0 Å². The van der Waals surface area contributed by atoms with E-state index in [1.807, 2.05) is 0 Å². The van der Waals surface area contributed by atoms with Gasteiger partial charge in [-0.1, -0.05) is 135 Å². The summed E-state index contributed by atoms with van der Waals surface area (Å²) >= 11 is 0. The van der Waals surface area contributed by atoms with E-state index in [0.717, 1.165) is 0 Å². The molecule has 0 unspecified atom stereocenters. The van der Waals surface area contributed by atoms with Gasteiger partial charge in [0, 0.05) is 10.8 Å². The molecule has 0 bridgehead atoms. The predicted octanol–water partition coefficient (Wildman–Crippen LogP) is 13.8. The van der Waals surface area contributed by atoms with Crippen molar-refractivity contribution in [2.75, 3.05) is 0 Å². The first-order chi connectivity index (χ1) is 23.6. The van der Waals surface area contributed by atoms with Crippen LogP contribution in [0.2, 0.25) is 0 Å². The van der Waals surface area contributed by atoms with Crippen molar-refractivity contribution in [2.24, 2.45) is 0 Å². The van der Waals surface area contributed by atoms with Crippen LogP contribution in [0.3, 0.4) is 0 Å². The van der Waals surface area contributed by atoms with Crippen molar-refractivity contribution in [3.8, 4) is 55.6 Å². The Balaban J connectivity index is 1.26. The molecule has 6 aromatic carbocycles. The second-order valence-electron chi connectivity index (χ2n) is 16.8. The lowest BCUT2D eigenvalue weighted by Crippen LogP contribution is -2.15. The van der Waals surface area contributed by atoms with E-state index in [4.69, 9.17) is 0 Å². The Kier molecular flexibility index (Phi) is 7.09. The summed E-state index contributed by atoms with van der Waals surface area (Å²) in [5.41, 5.74) is 30.0. The Bertz CT molecular complexity index is 2220. The first kappa shape index (κ1) is 32.5. The average molecular weight is 651 g/mol. The van der Waals surface area contributed by atoms with Gasteiger partial charge in [0.05, 0.1) is 0 Å². The van der Waals surface area contributed by atoms with Crippen molar-refractivity contribution >= 4 is 0 Å². The lowest BCUT2D eigenvalue weighted by molar-refractivity contribution is 0.659. The fourth-order valence-corrected chi connectivity index (χ4v) is 9.70. The molecule has 0 saturated heterocycles. The maximum atomic E-state index is 2.44. The normalized spacial score (nSPS) is 14.7. The van der Waals surface area contributed by atoms with Crippen molar-refractivity contribution in [3.05, 3.63) is 152 Å². The molecule has 0 radical (unpaired) electrons. The molecule has 0 atom stereocenters. The summed E-state index contributed by atoms with van der Waals surface area (Å²) in [4.78, 5) is 0. The SMILES string of the molecule is Cc1ccc2c(c1)C(C)(C)c1cc(C)cc(-c3cc(C)c(-c4c(C)cc(-c5cc(C)cc6c5-c5ccc(C)cc5C6(C)C)cc4C)c(C)c3)c1-2. The zero-order valence-corrected chi connectivity index (χ0v) is 32.1. The second-order valence-corrected chi connectivity index (χ2v) is 16.8. The second kappa shape index (κ2) is 10.9. The zero-order chi connectivity index (χ0) is 35.6. The van der Waals surface area contributed by atoms with Crippen molar-refractivity contribution < 1.29 is 0 Å². The summed E-state index contributed by atoms with van der Waals surface area (Å²) < 4.78 is 0. The lowest BCUT2D eigenvalue weighted by atomic mass is 9.80. The molecule has 250 valence electrons. The van der Waals surface area contributed by atoms with E-state index < -0.39 is 0 Å². The first-order valence-electron chi connectivity index (χ1n) is 18.3. The van der Waals surface area contributed by atoms with Gasteiger partial charge in [-0.15, -0.1) is 0 Å². The fraction of sp³-hybridized carbons (Fsp3) is 0.280. The number of aryl methyl sites for hydroxylation is 8. The quantitative estimate of drug-likeness (QED) is 0.179. The molecule has 0 aliphatic heterocycles. The fourth-order valence-electron chi connectivity index (χ4n) is 9.70. The zero-order valence-electron chi connectivity index (χ0n) is 32.1. The van der Waals surface area contributed by atoms with Gasteiger partial charge < -0.3 is 0 Å². The summed E-state index contributed by atoms with van der Waals surface area (Å²) in [6.45, 7) is 27.7. The molecule has 8 rings (SSSR count). The molecule has 2 aliphatic rings. The van der Waals surface area contributed by atoms with Gasteiger partial charge in [0.2, 0.25) is 0 Å². The Hall–Kier alpha value is -4.68. The van der Waals surface area contributed by atoms with Crippen LogP contribution in [0.1, 0.15) is 94.5 Å². The van der Waals surface area contributed by atoms with Crippen LogP contribution in [0, 0.1) is 55.4 Å². The highest BCUT2D eigenvalue weighted by Crippen LogP contribution is 2.55. The monoisotopic (exact) mass is 650 g/mol. The van der Waals surface area contributed by atoms with Crippen molar-refractivity contribution in [3.63, 3.8) is 0 Å². The Morgan fingerprint density at radius 2 is 0.620 bits per heavy atom. The molecule has 2 aliphatic carbocycles. The molecule has 0 spiro atoms. The van der Waals surface area contributed by atoms with Crippen LogP contribution in [0.25, 0.3) is 55.6 Å². The van der Waals surface area contributed by atoms with Crippen LogP contribution in [-0.2, 0) is 10.8 Å². The first-order valence-corrected chi connectivity index (χ1v) is 18.3. The predicted molar refractivity (Wildman–Crippen MR) is 216 cm³/mol. The molecule has 0 amide bonds. The van der Waals surface area contributed by atoms with Crippen LogP contribution in [-0.4, -0.2) is 0 Å². The third-order valence-corrected chi connectivity index (χ3v) is 12.1. The minimum absolute atomic E-state index is 0.0222.